The Balaban J connectivity index is 1.54. The summed E-state index contributed by atoms with van der Waals surface area (Å²) >= 11 is 0. The van der Waals surface area contributed by atoms with Crippen LogP contribution >= 0.6 is 0 Å². The minimum Gasteiger partial charge on any atom is -0.396 e. The molecule has 0 aromatic rings. The average molecular weight is 443 g/mol. The van der Waals surface area contributed by atoms with E-state index in [1.54, 1.807) is 0 Å². The Morgan fingerprint density at radius 3 is 2.06 bits per heavy atom. The molecule has 10 atom stereocenters. The molecule has 0 bridgehead atoms. The number of rotatable bonds is 1. The number of aliphatic hydroxyl groups is 1. The maximum absolute atomic E-state index is 12.7. The Hall–Kier alpha value is -0.370. The van der Waals surface area contributed by atoms with Crippen LogP contribution in [0.4, 0.5) is 0 Å². The zero-order valence-corrected chi connectivity index (χ0v) is 22.2. The van der Waals surface area contributed by atoms with Gasteiger partial charge in [0.05, 0.1) is 0 Å². The van der Waals surface area contributed by atoms with Crippen molar-refractivity contribution in [2.75, 3.05) is 6.61 Å². The first-order valence-electron chi connectivity index (χ1n) is 13.9. The Bertz CT molecular complexity index is 805. The molecule has 1 N–H and O–H groups in total. The summed E-state index contributed by atoms with van der Waals surface area (Å²) in [4.78, 5) is 12.7. The highest BCUT2D eigenvalue weighted by Crippen LogP contribution is 2.78. The first-order valence-corrected chi connectivity index (χ1v) is 13.9. The Labute approximate surface area is 197 Å². The van der Waals surface area contributed by atoms with Crippen LogP contribution in [0.2, 0.25) is 0 Å². The van der Waals surface area contributed by atoms with Crippen LogP contribution in [-0.2, 0) is 4.79 Å². The number of ketones is 1. The summed E-state index contributed by atoms with van der Waals surface area (Å²) in [5, 5.41) is 10.3. The summed E-state index contributed by atoms with van der Waals surface area (Å²) in [6.07, 6.45) is 13.6. The molecule has 5 aliphatic rings. The van der Waals surface area contributed by atoms with E-state index in [2.05, 4.69) is 48.5 Å². The predicted octanol–water partition coefficient (Wildman–Crippen LogP) is 7.43. The lowest BCUT2D eigenvalue weighted by atomic mass is 9.30. The van der Waals surface area contributed by atoms with Crippen molar-refractivity contribution in [3.8, 4) is 0 Å². The molecule has 0 aromatic heterocycles. The summed E-state index contributed by atoms with van der Waals surface area (Å²) in [7, 11) is 0. The second kappa shape index (κ2) is 6.86. The van der Waals surface area contributed by atoms with Crippen LogP contribution in [0.3, 0.4) is 0 Å². The SMILES string of the molecule is C[C@H]1C(=O)CC[C@@H]2[C@]1(C)CC[C@H]1[C@@]2(C)CC[C@@]2(C)[C@@H]3C[C@](C)(CO)CC[C@]3(C)CC[C@]12C. The molecule has 0 amide bonds. The van der Waals surface area contributed by atoms with Gasteiger partial charge >= 0.3 is 0 Å². The van der Waals surface area contributed by atoms with Crippen LogP contribution < -0.4 is 0 Å². The second-order valence-electron chi connectivity index (χ2n) is 15.1. The van der Waals surface area contributed by atoms with Crippen LogP contribution in [0.1, 0.15) is 119 Å². The van der Waals surface area contributed by atoms with E-state index >= 15 is 0 Å². The molecule has 0 saturated heterocycles. The standard InChI is InChI=1S/C30H50O2/c1-20-21(32)8-9-22-27(20,4)11-10-23-28(22,5)15-17-30(7)24-18-25(2,19-31)12-13-26(24,3)14-16-29(23,30)6/h20,22-24,31H,8-19H2,1-7H3/t20-,22+,23-,24+,25+,26+,27+,28-,29+,30-/m0/s1. The van der Waals surface area contributed by atoms with Gasteiger partial charge in [-0.15, -0.1) is 0 Å². The van der Waals surface area contributed by atoms with Crippen LogP contribution in [0.15, 0.2) is 0 Å². The first kappa shape index (κ1) is 23.4. The van der Waals surface area contributed by atoms with E-state index in [0.29, 0.717) is 40.0 Å². The van der Waals surface area contributed by atoms with Crippen LogP contribution in [0.25, 0.3) is 0 Å². The fourth-order valence-corrected chi connectivity index (χ4v) is 11.2. The van der Waals surface area contributed by atoms with Gasteiger partial charge in [0.2, 0.25) is 0 Å². The van der Waals surface area contributed by atoms with E-state index in [0.717, 1.165) is 24.7 Å². The molecule has 5 saturated carbocycles. The van der Waals surface area contributed by atoms with E-state index in [1.807, 2.05) is 0 Å². The van der Waals surface area contributed by atoms with E-state index in [1.165, 1.54) is 57.8 Å². The summed E-state index contributed by atoms with van der Waals surface area (Å²) in [5.41, 5.74) is 1.88. The lowest BCUT2D eigenvalue weighted by molar-refractivity contribution is -0.258. The molecule has 0 radical (unpaired) electrons. The molecule has 0 aromatic carbocycles. The number of Topliss-reactive ketones (excluding diaryl/α,β-unsaturated/α-hetero) is 1. The first-order chi connectivity index (χ1) is 14.8. The van der Waals surface area contributed by atoms with Gasteiger partial charge in [-0.25, -0.2) is 0 Å². The Morgan fingerprint density at radius 2 is 1.38 bits per heavy atom. The van der Waals surface area contributed by atoms with E-state index < -0.39 is 0 Å². The Morgan fingerprint density at radius 1 is 0.750 bits per heavy atom. The molecule has 2 heteroatoms. The highest BCUT2D eigenvalue weighted by atomic mass is 16.3. The normalized spacial score (nSPS) is 60.1. The third-order valence-corrected chi connectivity index (χ3v) is 14.0. The number of aliphatic hydroxyl groups excluding tert-OH is 1. The number of carbonyl (C=O) groups excluding carboxylic acids is 1. The molecule has 5 rings (SSSR count). The minimum atomic E-state index is 0.108. The molecule has 5 fully saturated rings. The van der Waals surface area contributed by atoms with Gasteiger partial charge in [0.1, 0.15) is 5.78 Å². The molecule has 2 nitrogen and oxygen atoms in total. The maximum Gasteiger partial charge on any atom is 0.136 e. The number of fused-ring (bicyclic) bond motifs is 7. The third-order valence-electron chi connectivity index (χ3n) is 14.0. The van der Waals surface area contributed by atoms with Crippen LogP contribution in [0.5, 0.6) is 0 Å². The molecule has 32 heavy (non-hydrogen) atoms. The maximum atomic E-state index is 12.7. The van der Waals surface area contributed by atoms with Crippen molar-refractivity contribution in [3.05, 3.63) is 0 Å². The van der Waals surface area contributed by atoms with Gasteiger partial charge in [-0.2, -0.15) is 0 Å². The second-order valence-corrected chi connectivity index (χ2v) is 15.1. The van der Waals surface area contributed by atoms with Gasteiger partial charge in [0.15, 0.2) is 0 Å². The molecule has 5 aliphatic carbocycles. The van der Waals surface area contributed by atoms with Crippen LogP contribution in [0, 0.1) is 56.2 Å². The van der Waals surface area contributed by atoms with E-state index in [-0.39, 0.29) is 16.7 Å². The Kier molecular flexibility index (Phi) is 5.01. The van der Waals surface area contributed by atoms with Gasteiger partial charge in [0, 0.05) is 18.9 Å². The minimum absolute atomic E-state index is 0.108. The third kappa shape index (κ3) is 2.71. The number of hydrogen-bond acceptors (Lipinski definition) is 2. The van der Waals surface area contributed by atoms with Crippen molar-refractivity contribution >= 4 is 5.78 Å². The molecule has 0 unspecified atom stereocenters. The fourth-order valence-electron chi connectivity index (χ4n) is 11.2. The van der Waals surface area contributed by atoms with Gasteiger partial charge < -0.3 is 5.11 Å². The topological polar surface area (TPSA) is 37.3 Å². The van der Waals surface area contributed by atoms with Gasteiger partial charge in [-0.3, -0.25) is 4.79 Å². The molecule has 0 heterocycles. The highest BCUT2D eigenvalue weighted by molar-refractivity contribution is 5.82. The smallest absolute Gasteiger partial charge is 0.136 e. The highest BCUT2D eigenvalue weighted by Gasteiger charge is 2.70. The van der Waals surface area contributed by atoms with Gasteiger partial charge in [0.25, 0.3) is 0 Å². The summed E-state index contributed by atoms with van der Waals surface area (Å²) in [6, 6.07) is 0. The largest absolute Gasteiger partial charge is 0.396 e. The lowest BCUT2D eigenvalue weighted by Crippen LogP contribution is -2.67. The fraction of sp³-hybridized carbons (Fsp3) is 0.967. The predicted molar refractivity (Wildman–Crippen MR) is 131 cm³/mol. The lowest BCUT2D eigenvalue weighted by Gasteiger charge is -2.74. The van der Waals surface area contributed by atoms with Crippen molar-refractivity contribution in [1.82, 2.24) is 0 Å². The zero-order valence-electron chi connectivity index (χ0n) is 22.2. The van der Waals surface area contributed by atoms with Gasteiger partial charge in [-0.05, 0) is 114 Å². The van der Waals surface area contributed by atoms with Gasteiger partial charge in [-0.1, -0.05) is 48.5 Å². The summed E-state index contributed by atoms with van der Waals surface area (Å²) in [6.45, 7) is 18.0. The molecule has 0 aliphatic heterocycles. The average Bonchev–Trinajstić information content (AvgIpc) is 2.75. The van der Waals surface area contributed by atoms with E-state index in [4.69, 9.17) is 0 Å². The van der Waals surface area contributed by atoms with Crippen molar-refractivity contribution in [2.24, 2.45) is 56.2 Å². The van der Waals surface area contributed by atoms with Crippen molar-refractivity contribution in [3.63, 3.8) is 0 Å². The molecule has 0 spiro atoms. The van der Waals surface area contributed by atoms with Crippen molar-refractivity contribution < 1.29 is 9.90 Å². The summed E-state index contributed by atoms with van der Waals surface area (Å²) < 4.78 is 0. The monoisotopic (exact) mass is 442 g/mol. The quantitative estimate of drug-likeness (QED) is 0.458. The van der Waals surface area contributed by atoms with Crippen molar-refractivity contribution in [1.29, 1.82) is 0 Å². The van der Waals surface area contributed by atoms with Crippen molar-refractivity contribution in [2.45, 2.75) is 119 Å². The zero-order chi connectivity index (χ0) is 23.4. The van der Waals surface area contributed by atoms with E-state index in [9.17, 15) is 9.90 Å². The molecular formula is C30H50O2. The summed E-state index contributed by atoms with van der Waals surface area (Å²) in [5.74, 6) is 2.96. The van der Waals surface area contributed by atoms with Crippen LogP contribution in [-0.4, -0.2) is 17.5 Å². The number of hydrogen-bond donors (Lipinski definition) is 1. The molecular weight excluding hydrogens is 392 g/mol. The number of carbonyl (C=O) groups is 1. The molecule has 182 valence electrons.